The molecular weight excluding hydrogens is 356 g/mol. The zero-order chi connectivity index (χ0) is 18.4. The fraction of sp³-hybridized carbons (Fsp3) is 0.353. The molecule has 0 saturated heterocycles. The standard InChI is InChI=1S/C17H16N4O4S/c1-7-12-15(23)18-8(2)19-16(12)26-13(7)17(24)25-6-10-5-11(22)21-14(20-10)9-3-4-9/h5,9H,3-4,6H2,1-2H3,(H,18,19,23)(H,20,21,22). The molecule has 0 amide bonds. The summed E-state index contributed by atoms with van der Waals surface area (Å²) in [6.07, 6.45) is 2.02. The first-order chi connectivity index (χ1) is 12.4. The normalized spacial score (nSPS) is 13.9. The van der Waals surface area contributed by atoms with Crippen molar-refractivity contribution in [2.45, 2.75) is 39.2 Å². The number of thiophene rings is 1. The number of carbonyl (C=O) groups excluding carboxylic acids is 1. The van der Waals surface area contributed by atoms with Crippen molar-refractivity contribution in [3.05, 3.63) is 54.6 Å². The lowest BCUT2D eigenvalue weighted by atomic mass is 10.2. The van der Waals surface area contributed by atoms with E-state index in [9.17, 15) is 14.4 Å². The smallest absolute Gasteiger partial charge is 0.349 e. The van der Waals surface area contributed by atoms with Gasteiger partial charge in [-0.3, -0.25) is 9.59 Å². The number of aromatic amines is 2. The van der Waals surface area contributed by atoms with E-state index in [-0.39, 0.29) is 17.7 Å². The van der Waals surface area contributed by atoms with Crippen molar-refractivity contribution in [3.8, 4) is 0 Å². The summed E-state index contributed by atoms with van der Waals surface area (Å²) in [5, 5.41) is 0.401. The summed E-state index contributed by atoms with van der Waals surface area (Å²) in [7, 11) is 0. The van der Waals surface area contributed by atoms with Crippen LogP contribution in [0.3, 0.4) is 0 Å². The van der Waals surface area contributed by atoms with E-state index in [4.69, 9.17) is 4.74 Å². The molecule has 0 unspecified atom stereocenters. The van der Waals surface area contributed by atoms with Gasteiger partial charge in [0.05, 0.1) is 11.1 Å². The van der Waals surface area contributed by atoms with Crippen molar-refractivity contribution in [2.75, 3.05) is 0 Å². The second-order valence-corrected chi connectivity index (χ2v) is 7.36. The Morgan fingerprint density at radius 2 is 2.04 bits per heavy atom. The number of fused-ring (bicyclic) bond motifs is 1. The van der Waals surface area contributed by atoms with E-state index in [1.165, 1.54) is 6.07 Å². The van der Waals surface area contributed by atoms with Gasteiger partial charge in [-0.25, -0.2) is 14.8 Å². The van der Waals surface area contributed by atoms with Crippen molar-refractivity contribution in [3.63, 3.8) is 0 Å². The van der Waals surface area contributed by atoms with Crippen LogP contribution in [-0.4, -0.2) is 25.9 Å². The van der Waals surface area contributed by atoms with E-state index in [1.54, 1.807) is 13.8 Å². The number of esters is 1. The van der Waals surface area contributed by atoms with Gasteiger partial charge in [0.25, 0.3) is 11.1 Å². The summed E-state index contributed by atoms with van der Waals surface area (Å²) in [5.41, 5.74) is 0.429. The van der Waals surface area contributed by atoms with E-state index in [2.05, 4.69) is 19.9 Å². The van der Waals surface area contributed by atoms with Crippen LogP contribution < -0.4 is 11.1 Å². The van der Waals surface area contributed by atoms with Gasteiger partial charge < -0.3 is 14.7 Å². The Kier molecular flexibility index (Phi) is 3.95. The minimum Gasteiger partial charge on any atom is -0.455 e. The van der Waals surface area contributed by atoms with Crippen LogP contribution in [0.25, 0.3) is 10.2 Å². The number of hydrogen-bond donors (Lipinski definition) is 2. The van der Waals surface area contributed by atoms with Gasteiger partial charge in [0, 0.05) is 12.0 Å². The molecule has 3 aromatic heterocycles. The van der Waals surface area contributed by atoms with Gasteiger partial charge in [0.15, 0.2) is 0 Å². The molecule has 1 aliphatic rings. The summed E-state index contributed by atoms with van der Waals surface area (Å²) in [6.45, 7) is 3.28. The van der Waals surface area contributed by atoms with Crippen LogP contribution in [0.1, 0.15) is 51.3 Å². The lowest BCUT2D eigenvalue weighted by Crippen LogP contribution is -2.14. The lowest BCUT2D eigenvalue weighted by molar-refractivity contribution is 0.0472. The Labute approximate surface area is 151 Å². The third-order valence-electron chi connectivity index (χ3n) is 4.23. The van der Waals surface area contributed by atoms with Gasteiger partial charge >= 0.3 is 5.97 Å². The minimum absolute atomic E-state index is 0.0982. The molecule has 3 aromatic rings. The highest BCUT2D eigenvalue weighted by molar-refractivity contribution is 7.20. The molecule has 8 nitrogen and oxygen atoms in total. The topological polar surface area (TPSA) is 118 Å². The Hall–Kier alpha value is -2.81. The summed E-state index contributed by atoms with van der Waals surface area (Å²) in [4.78, 5) is 51.1. The van der Waals surface area contributed by atoms with Crippen LogP contribution in [-0.2, 0) is 11.3 Å². The number of ether oxygens (including phenoxy) is 1. The predicted molar refractivity (Wildman–Crippen MR) is 95.7 cm³/mol. The van der Waals surface area contributed by atoms with Crippen LogP contribution in [0.15, 0.2) is 15.7 Å². The molecule has 2 N–H and O–H groups in total. The Bertz CT molecular complexity index is 1140. The van der Waals surface area contributed by atoms with E-state index >= 15 is 0 Å². The Morgan fingerprint density at radius 3 is 2.77 bits per heavy atom. The fourth-order valence-electron chi connectivity index (χ4n) is 2.80. The highest BCUT2D eigenvalue weighted by atomic mass is 32.1. The maximum absolute atomic E-state index is 12.5. The van der Waals surface area contributed by atoms with Gasteiger partial charge in [-0.1, -0.05) is 0 Å². The average Bonchev–Trinajstić information content (AvgIpc) is 3.36. The SMILES string of the molecule is Cc1nc2sc(C(=O)OCc3cc(=O)[nH]c(C4CC4)n3)c(C)c2c(=O)[nH]1. The number of carbonyl (C=O) groups is 1. The molecule has 134 valence electrons. The zero-order valence-corrected chi connectivity index (χ0v) is 15.0. The minimum atomic E-state index is -0.558. The molecular formula is C17H16N4O4S. The van der Waals surface area contributed by atoms with E-state index in [0.717, 1.165) is 24.2 Å². The number of hydrogen-bond acceptors (Lipinski definition) is 7. The molecule has 0 aliphatic heterocycles. The average molecular weight is 372 g/mol. The molecule has 1 saturated carbocycles. The molecule has 4 rings (SSSR count). The number of nitrogens with zero attached hydrogens (tertiary/aromatic N) is 2. The van der Waals surface area contributed by atoms with Crippen LogP contribution in [0.4, 0.5) is 0 Å². The summed E-state index contributed by atoms with van der Waals surface area (Å²) in [6, 6.07) is 1.33. The number of rotatable bonds is 4. The van der Waals surface area contributed by atoms with Gasteiger partial charge in [-0.2, -0.15) is 0 Å². The van der Waals surface area contributed by atoms with Gasteiger partial charge in [-0.05, 0) is 32.3 Å². The maximum Gasteiger partial charge on any atom is 0.349 e. The Morgan fingerprint density at radius 1 is 1.27 bits per heavy atom. The second kappa shape index (κ2) is 6.17. The molecule has 26 heavy (non-hydrogen) atoms. The molecule has 0 spiro atoms. The zero-order valence-electron chi connectivity index (χ0n) is 14.2. The predicted octanol–water partition coefficient (Wildman–Crippen LogP) is 1.92. The largest absolute Gasteiger partial charge is 0.455 e. The molecule has 3 heterocycles. The number of aryl methyl sites for hydroxylation is 2. The van der Waals surface area contributed by atoms with Crippen LogP contribution in [0.5, 0.6) is 0 Å². The van der Waals surface area contributed by atoms with Gasteiger partial charge in [-0.15, -0.1) is 11.3 Å². The van der Waals surface area contributed by atoms with Crippen LogP contribution in [0.2, 0.25) is 0 Å². The van der Waals surface area contributed by atoms with Crippen molar-refractivity contribution in [1.29, 1.82) is 0 Å². The quantitative estimate of drug-likeness (QED) is 0.676. The van der Waals surface area contributed by atoms with Gasteiger partial charge in [0.2, 0.25) is 0 Å². The summed E-state index contributed by atoms with van der Waals surface area (Å²) >= 11 is 1.12. The number of aromatic nitrogens is 4. The first kappa shape index (κ1) is 16.6. The van der Waals surface area contributed by atoms with E-state index in [0.29, 0.717) is 43.9 Å². The highest BCUT2D eigenvalue weighted by Crippen LogP contribution is 2.37. The highest BCUT2D eigenvalue weighted by Gasteiger charge is 2.26. The molecule has 0 radical (unpaired) electrons. The van der Waals surface area contributed by atoms with Crippen molar-refractivity contribution in [1.82, 2.24) is 19.9 Å². The third-order valence-corrected chi connectivity index (χ3v) is 5.40. The Balaban J connectivity index is 1.58. The molecule has 1 aliphatic carbocycles. The molecule has 9 heteroatoms. The monoisotopic (exact) mass is 372 g/mol. The molecule has 1 fully saturated rings. The van der Waals surface area contributed by atoms with Gasteiger partial charge in [0.1, 0.15) is 28.0 Å². The summed E-state index contributed by atoms with van der Waals surface area (Å²) in [5.74, 6) is 0.874. The number of nitrogens with one attached hydrogen (secondary N) is 2. The summed E-state index contributed by atoms with van der Waals surface area (Å²) < 4.78 is 5.32. The van der Waals surface area contributed by atoms with Crippen molar-refractivity contribution >= 4 is 27.5 Å². The third kappa shape index (κ3) is 3.05. The van der Waals surface area contributed by atoms with Crippen LogP contribution >= 0.6 is 11.3 Å². The molecule has 0 aromatic carbocycles. The van der Waals surface area contributed by atoms with Crippen molar-refractivity contribution < 1.29 is 9.53 Å². The fourth-order valence-corrected chi connectivity index (χ4v) is 3.93. The van der Waals surface area contributed by atoms with Crippen LogP contribution in [0, 0.1) is 13.8 Å². The molecule has 0 atom stereocenters. The lowest BCUT2D eigenvalue weighted by Gasteiger charge is -2.05. The first-order valence-electron chi connectivity index (χ1n) is 8.19. The van der Waals surface area contributed by atoms with E-state index in [1.807, 2.05) is 0 Å². The maximum atomic E-state index is 12.5. The molecule has 0 bridgehead atoms. The number of H-pyrrole nitrogens is 2. The van der Waals surface area contributed by atoms with Crippen molar-refractivity contribution in [2.24, 2.45) is 0 Å². The van der Waals surface area contributed by atoms with E-state index < -0.39 is 5.97 Å². The first-order valence-corrected chi connectivity index (χ1v) is 9.01. The second-order valence-electron chi connectivity index (χ2n) is 6.36.